The van der Waals surface area contributed by atoms with E-state index >= 15 is 0 Å². The summed E-state index contributed by atoms with van der Waals surface area (Å²) in [5.41, 5.74) is 0.694. The summed E-state index contributed by atoms with van der Waals surface area (Å²) in [7, 11) is -3.50. The van der Waals surface area contributed by atoms with Crippen molar-refractivity contribution in [3.8, 4) is 5.75 Å². The number of hydrogen-bond donors (Lipinski definition) is 1. The molecule has 3 aromatic rings. The normalized spacial score (nSPS) is 15.4. The Morgan fingerprint density at radius 1 is 0.966 bits per heavy atom. The average Bonchev–Trinajstić information content (AvgIpc) is 3.26. The number of sulfone groups is 1. The molecule has 1 N–H and O–H groups in total. The van der Waals surface area contributed by atoms with Gasteiger partial charge in [0.25, 0.3) is 0 Å². The zero-order chi connectivity index (χ0) is 20.3. The topological polar surface area (TPSA) is 97.6 Å². The average molecular weight is 412 g/mol. The highest BCUT2D eigenvalue weighted by molar-refractivity contribution is 7.91. The summed E-state index contributed by atoms with van der Waals surface area (Å²) < 4.78 is 35.8. The van der Waals surface area contributed by atoms with Crippen LogP contribution in [0.5, 0.6) is 5.75 Å². The third-order valence-electron chi connectivity index (χ3n) is 4.64. The molecular weight excluding hydrogens is 392 g/mol. The molecule has 0 aliphatic carbocycles. The summed E-state index contributed by atoms with van der Waals surface area (Å²) in [6.07, 6.45) is -0.192. The lowest BCUT2D eigenvalue weighted by molar-refractivity contribution is -0.0424. The van der Waals surface area contributed by atoms with E-state index in [9.17, 15) is 13.5 Å². The van der Waals surface area contributed by atoms with Gasteiger partial charge in [0, 0.05) is 11.8 Å². The Labute approximate surface area is 168 Å². The molecule has 3 aromatic carbocycles. The van der Waals surface area contributed by atoms with E-state index in [0.717, 1.165) is 5.39 Å². The highest BCUT2D eigenvalue weighted by Gasteiger charge is 2.21. The third-order valence-corrected chi connectivity index (χ3v) is 6.39. The molecule has 0 atom stereocenters. The van der Waals surface area contributed by atoms with Crippen molar-refractivity contribution >= 4 is 32.0 Å². The predicted molar refractivity (Wildman–Crippen MR) is 109 cm³/mol. The van der Waals surface area contributed by atoms with Crippen LogP contribution < -0.4 is 0 Å². The Bertz CT molecular complexity index is 1150. The molecule has 0 aromatic heterocycles. The van der Waals surface area contributed by atoms with Crippen molar-refractivity contribution in [1.82, 2.24) is 0 Å². The van der Waals surface area contributed by atoms with E-state index < -0.39 is 16.1 Å². The highest BCUT2D eigenvalue weighted by Crippen LogP contribution is 2.35. The van der Waals surface area contributed by atoms with Crippen LogP contribution in [0.2, 0.25) is 0 Å². The number of phenolic OH excluding ortho intramolecular Hbond substituents is 1. The maximum absolute atomic E-state index is 12.6. The lowest BCUT2D eigenvalue weighted by Crippen LogP contribution is -2.15. The summed E-state index contributed by atoms with van der Waals surface area (Å²) in [6.45, 7) is 0.977. The standard InChI is InChI=1S/C21H20N2O5S/c24-21-18-7-2-1-4-15(18)8-9-19(21)23-22-16-5-3-6-17(14-16)29(25,26)13-10-20-27-11-12-28-20/h1-9,14,20,24H,10-13H2. The maximum atomic E-state index is 12.6. The van der Waals surface area contributed by atoms with Crippen molar-refractivity contribution in [3.05, 3.63) is 60.7 Å². The molecule has 7 nitrogen and oxygen atoms in total. The number of hydrogen-bond acceptors (Lipinski definition) is 7. The Balaban J connectivity index is 1.53. The van der Waals surface area contributed by atoms with Gasteiger partial charge in [0.15, 0.2) is 21.9 Å². The summed E-state index contributed by atoms with van der Waals surface area (Å²) >= 11 is 0. The molecule has 1 fully saturated rings. The van der Waals surface area contributed by atoms with Gasteiger partial charge in [-0.3, -0.25) is 0 Å². The van der Waals surface area contributed by atoms with Crippen molar-refractivity contribution in [2.24, 2.45) is 10.2 Å². The molecule has 8 heteroatoms. The van der Waals surface area contributed by atoms with E-state index in [1.165, 1.54) is 12.1 Å². The van der Waals surface area contributed by atoms with Gasteiger partial charge in [-0.25, -0.2) is 8.42 Å². The van der Waals surface area contributed by atoms with Gasteiger partial charge in [-0.15, -0.1) is 5.11 Å². The second-order valence-electron chi connectivity index (χ2n) is 6.63. The first kappa shape index (κ1) is 19.5. The number of rotatable bonds is 6. The Morgan fingerprint density at radius 2 is 1.76 bits per heavy atom. The molecule has 1 heterocycles. The fraction of sp³-hybridized carbons (Fsp3) is 0.238. The number of benzene rings is 3. The predicted octanol–water partition coefficient (Wildman–Crippen LogP) is 4.50. The first-order valence-electron chi connectivity index (χ1n) is 9.21. The molecule has 4 rings (SSSR count). The van der Waals surface area contributed by atoms with Gasteiger partial charge in [-0.05, 0) is 29.7 Å². The number of phenols is 1. The minimum atomic E-state index is -3.50. The summed E-state index contributed by atoms with van der Waals surface area (Å²) in [5.74, 6) is -0.0452. The van der Waals surface area contributed by atoms with Crippen molar-refractivity contribution < 1.29 is 23.0 Å². The van der Waals surface area contributed by atoms with Gasteiger partial charge < -0.3 is 14.6 Å². The fourth-order valence-electron chi connectivity index (χ4n) is 3.12. The molecule has 0 unspecified atom stereocenters. The van der Waals surface area contributed by atoms with Crippen LogP contribution >= 0.6 is 0 Å². The second-order valence-corrected chi connectivity index (χ2v) is 8.74. The molecule has 0 radical (unpaired) electrons. The summed E-state index contributed by atoms with van der Waals surface area (Å²) in [5, 5.41) is 20.2. The van der Waals surface area contributed by atoms with Crippen LogP contribution in [-0.4, -0.2) is 38.8 Å². The van der Waals surface area contributed by atoms with Crippen LogP contribution in [-0.2, 0) is 19.3 Å². The second kappa shape index (κ2) is 8.28. The number of aromatic hydroxyl groups is 1. The lowest BCUT2D eigenvalue weighted by Gasteiger charge is -2.09. The van der Waals surface area contributed by atoms with Crippen LogP contribution in [0.25, 0.3) is 10.8 Å². The van der Waals surface area contributed by atoms with Crippen LogP contribution in [0, 0.1) is 0 Å². The molecule has 0 spiro atoms. The number of nitrogens with zero attached hydrogens (tertiary/aromatic N) is 2. The largest absolute Gasteiger partial charge is 0.505 e. The van der Waals surface area contributed by atoms with Crippen LogP contribution in [0.1, 0.15) is 6.42 Å². The number of azo groups is 1. The van der Waals surface area contributed by atoms with Crippen molar-refractivity contribution in [2.75, 3.05) is 19.0 Å². The lowest BCUT2D eigenvalue weighted by atomic mass is 10.1. The van der Waals surface area contributed by atoms with Gasteiger partial charge in [-0.1, -0.05) is 36.4 Å². The van der Waals surface area contributed by atoms with Crippen LogP contribution in [0.4, 0.5) is 11.4 Å². The van der Waals surface area contributed by atoms with Gasteiger partial charge >= 0.3 is 0 Å². The Morgan fingerprint density at radius 3 is 2.59 bits per heavy atom. The van der Waals surface area contributed by atoms with Crippen molar-refractivity contribution in [3.63, 3.8) is 0 Å². The maximum Gasteiger partial charge on any atom is 0.178 e. The minimum absolute atomic E-state index is 0.0344. The molecule has 150 valence electrons. The van der Waals surface area contributed by atoms with E-state index in [2.05, 4.69) is 10.2 Å². The van der Waals surface area contributed by atoms with Crippen molar-refractivity contribution in [1.29, 1.82) is 0 Å². The van der Waals surface area contributed by atoms with Gasteiger partial charge in [0.1, 0.15) is 5.69 Å². The van der Waals surface area contributed by atoms with E-state index in [1.54, 1.807) is 24.3 Å². The SMILES string of the molecule is O=S(=O)(CCC1OCCO1)c1cccc(N=Nc2ccc3ccccc3c2O)c1. The van der Waals surface area contributed by atoms with Gasteiger partial charge in [-0.2, -0.15) is 5.11 Å². The molecular formula is C21H20N2O5S. The monoisotopic (exact) mass is 412 g/mol. The quantitative estimate of drug-likeness (QED) is 0.601. The smallest absolute Gasteiger partial charge is 0.178 e. The first-order valence-corrected chi connectivity index (χ1v) is 10.9. The highest BCUT2D eigenvalue weighted by atomic mass is 32.2. The zero-order valence-electron chi connectivity index (χ0n) is 15.6. The molecule has 1 saturated heterocycles. The minimum Gasteiger partial charge on any atom is -0.505 e. The van der Waals surface area contributed by atoms with E-state index in [4.69, 9.17) is 9.47 Å². The van der Waals surface area contributed by atoms with Gasteiger partial charge in [0.05, 0.1) is 29.5 Å². The molecule has 1 aliphatic heterocycles. The third kappa shape index (κ3) is 4.45. The number of fused-ring (bicyclic) bond motifs is 1. The Kier molecular flexibility index (Phi) is 5.57. The molecule has 1 aliphatic rings. The van der Waals surface area contributed by atoms with Crippen LogP contribution in [0.15, 0.2) is 75.8 Å². The molecule has 29 heavy (non-hydrogen) atoms. The van der Waals surface area contributed by atoms with E-state index in [0.29, 0.717) is 30.0 Å². The van der Waals surface area contributed by atoms with Crippen molar-refractivity contribution in [2.45, 2.75) is 17.6 Å². The summed E-state index contributed by atoms with van der Waals surface area (Å²) in [6, 6.07) is 17.2. The summed E-state index contributed by atoms with van der Waals surface area (Å²) in [4.78, 5) is 0.162. The van der Waals surface area contributed by atoms with E-state index in [-0.39, 0.29) is 22.8 Å². The van der Waals surface area contributed by atoms with Crippen LogP contribution in [0.3, 0.4) is 0 Å². The molecule has 0 amide bonds. The van der Waals surface area contributed by atoms with E-state index in [1.807, 2.05) is 24.3 Å². The fourth-order valence-corrected chi connectivity index (χ4v) is 4.44. The zero-order valence-corrected chi connectivity index (χ0v) is 16.4. The Hall–Kier alpha value is -2.81. The molecule has 0 saturated carbocycles. The van der Waals surface area contributed by atoms with Gasteiger partial charge in [0.2, 0.25) is 0 Å². The first-order chi connectivity index (χ1) is 14.0. The number of ether oxygens (including phenoxy) is 2. The molecule has 0 bridgehead atoms.